The molecule has 0 aliphatic heterocycles. The van der Waals surface area contributed by atoms with E-state index in [2.05, 4.69) is 5.32 Å². The van der Waals surface area contributed by atoms with Crippen LogP contribution in [-0.2, 0) is 4.79 Å². The van der Waals surface area contributed by atoms with E-state index in [-0.39, 0.29) is 5.41 Å². The molecule has 16 heavy (non-hydrogen) atoms. The summed E-state index contributed by atoms with van der Waals surface area (Å²) in [6, 6.07) is 0.687. The fourth-order valence-electron chi connectivity index (χ4n) is 2.94. The first kappa shape index (κ1) is 11.9. The first-order valence-corrected chi connectivity index (χ1v) is 6.59. The minimum Gasteiger partial charge on any atom is -0.348 e. The number of rotatable bonds is 4. The normalized spacial score (nSPS) is 24.1. The average Bonchev–Trinajstić information content (AvgIpc) is 2.64. The third kappa shape index (κ3) is 2.24. The van der Waals surface area contributed by atoms with Gasteiger partial charge in [0.1, 0.15) is 0 Å². The van der Waals surface area contributed by atoms with Crippen LogP contribution in [-0.4, -0.2) is 37.5 Å². The van der Waals surface area contributed by atoms with Gasteiger partial charge in [-0.3, -0.25) is 4.79 Å². The monoisotopic (exact) mass is 224 g/mol. The molecule has 0 bridgehead atoms. The molecule has 92 valence electrons. The van der Waals surface area contributed by atoms with Crippen LogP contribution in [0.3, 0.4) is 0 Å². The first-order valence-electron chi connectivity index (χ1n) is 6.59. The highest BCUT2D eigenvalue weighted by atomic mass is 16.2. The number of hydrogen-bond donors (Lipinski definition) is 1. The van der Waals surface area contributed by atoms with Crippen LogP contribution in [0, 0.1) is 5.41 Å². The van der Waals surface area contributed by atoms with Crippen molar-refractivity contribution in [3.63, 3.8) is 0 Å². The topological polar surface area (TPSA) is 32.3 Å². The number of carbonyl (C=O) groups is 1. The lowest BCUT2D eigenvalue weighted by atomic mass is 9.83. The predicted molar refractivity (Wildman–Crippen MR) is 65.2 cm³/mol. The molecule has 0 heterocycles. The summed E-state index contributed by atoms with van der Waals surface area (Å²) in [4.78, 5) is 14.0. The molecule has 2 fully saturated rings. The van der Waals surface area contributed by atoms with Gasteiger partial charge in [0, 0.05) is 26.7 Å². The second-order valence-electron chi connectivity index (χ2n) is 5.70. The maximum atomic E-state index is 12.3. The van der Waals surface area contributed by atoms with Gasteiger partial charge >= 0.3 is 0 Å². The van der Waals surface area contributed by atoms with E-state index in [1.165, 1.54) is 32.1 Å². The molecule has 0 aromatic carbocycles. The van der Waals surface area contributed by atoms with Crippen LogP contribution in [0.15, 0.2) is 0 Å². The fourth-order valence-corrected chi connectivity index (χ4v) is 2.94. The Labute approximate surface area is 98.6 Å². The van der Waals surface area contributed by atoms with Gasteiger partial charge in [0.25, 0.3) is 0 Å². The molecule has 0 spiro atoms. The van der Waals surface area contributed by atoms with Gasteiger partial charge in [-0.15, -0.1) is 0 Å². The van der Waals surface area contributed by atoms with Crippen molar-refractivity contribution >= 4 is 5.91 Å². The summed E-state index contributed by atoms with van der Waals surface area (Å²) in [7, 11) is 3.76. The minimum atomic E-state index is -0.0842. The highest BCUT2D eigenvalue weighted by Gasteiger charge is 2.42. The Morgan fingerprint density at radius 1 is 1.25 bits per heavy atom. The molecule has 1 amide bonds. The van der Waals surface area contributed by atoms with Gasteiger partial charge in [0.05, 0.1) is 5.41 Å². The highest BCUT2D eigenvalue weighted by molar-refractivity contribution is 5.82. The van der Waals surface area contributed by atoms with Crippen molar-refractivity contribution < 1.29 is 4.79 Å². The van der Waals surface area contributed by atoms with E-state index in [0.29, 0.717) is 11.9 Å². The Morgan fingerprint density at radius 2 is 1.88 bits per heavy atom. The maximum absolute atomic E-state index is 12.3. The molecule has 0 radical (unpaired) electrons. The van der Waals surface area contributed by atoms with Crippen LogP contribution in [0.2, 0.25) is 0 Å². The molecule has 2 aliphatic rings. The SMILES string of the molecule is CN(C)C(=O)C1(CNC2CCC2)CCCC1. The first-order chi connectivity index (χ1) is 7.64. The van der Waals surface area contributed by atoms with Crippen LogP contribution in [0.1, 0.15) is 44.9 Å². The van der Waals surface area contributed by atoms with Gasteiger partial charge in [-0.25, -0.2) is 0 Å². The van der Waals surface area contributed by atoms with Crippen molar-refractivity contribution in [2.24, 2.45) is 5.41 Å². The molecule has 2 saturated carbocycles. The molecule has 1 N–H and O–H groups in total. The molecular weight excluding hydrogens is 200 g/mol. The van der Waals surface area contributed by atoms with Crippen molar-refractivity contribution in [1.82, 2.24) is 10.2 Å². The standard InChI is InChI=1S/C13H24N2O/c1-15(2)12(16)13(8-3-4-9-13)10-14-11-6-5-7-11/h11,14H,3-10H2,1-2H3. The second kappa shape index (κ2) is 4.74. The largest absolute Gasteiger partial charge is 0.348 e. The molecule has 3 nitrogen and oxygen atoms in total. The van der Waals surface area contributed by atoms with E-state index in [1.54, 1.807) is 4.90 Å². The number of hydrogen-bond acceptors (Lipinski definition) is 2. The van der Waals surface area contributed by atoms with Gasteiger partial charge in [0.15, 0.2) is 0 Å². The fraction of sp³-hybridized carbons (Fsp3) is 0.923. The smallest absolute Gasteiger partial charge is 0.229 e. The predicted octanol–water partition coefficient (Wildman–Crippen LogP) is 1.78. The van der Waals surface area contributed by atoms with E-state index in [4.69, 9.17) is 0 Å². The molecular formula is C13H24N2O. The van der Waals surface area contributed by atoms with Gasteiger partial charge in [-0.1, -0.05) is 19.3 Å². The summed E-state index contributed by atoms with van der Waals surface area (Å²) < 4.78 is 0. The van der Waals surface area contributed by atoms with Crippen molar-refractivity contribution in [3.8, 4) is 0 Å². The van der Waals surface area contributed by atoms with Gasteiger partial charge in [-0.05, 0) is 25.7 Å². The third-order valence-corrected chi connectivity index (χ3v) is 4.25. The number of nitrogens with zero attached hydrogens (tertiary/aromatic N) is 1. The summed E-state index contributed by atoms with van der Waals surface area (Å²) in [6.45, 7) is 0.898. The Balaban J connectivity index is 1.94. The molecule has 0 aromatic heterocycles. The van der Waals surface area contributed by atoms with Gasteiger partial charge in [0.2, 0.25) is 5.91 Å². The molecule has 2 rings (SSSR count). The Kier molecular flexibility index (Phi) is 3.53. The minimum absolute atomic E-state index is 0.0842. The summed E-state index contributed by atoms with van der Waals surface area (Å²) in [5.41, 5.74) is -0.0842. The molecule has 0 atom stereocenters. The van der Waals surface area contributed by atoms with E-state index in [9.17, 15) is 4.79 Å². The lowest BCUT2D eigenvalue weighted by molar-refractivity contribution is -0.139. The van der Waals surface area contributed by atoms with E-state index < -0.39 is 0 Å². The van der Waals surface area contributed by atoms with Crippen LogP contribution < -0.4 is 5.32 Å². The van der Waals surface area contributed by atoms with Crippen LogP contribution >= 0.6 is 0 Å². The average molecular weight is 224 g/mol. The molecule has 0 aromatic rings. The summed E-state index contributed by atoms with van der Waals surface area (Å²) >= 11 is 0. The van der Waals surface area contributed by atoms with E-state index in [0.717, 1.165) is 19.4 Å². The summed E-state index contributed by atoms with van der Waals surface area (Å²) in [5, 5.41) is 3.59. The summed E-state index contributed by atoms with van der Waals surface area (Å²) in [6.07, 6.45) is 8.52. The number of amides is 1. The Bertz CT molecular complexity index is 253. The number of nitrogens with one attached hydrogen (secondary N) is 1. The van der Waals surface area contributed by atoms with Crippen molar-refractivity contribution in [2.75, 3.05) is 20.6 Å². The van der Waals surface area contributed by atoms with Crippen LogP contribution in [0.4, 0.5) is 0 Å². The van der Waals surface area contributed by atoms with Crippen molar-refractivity contribution in [2.45, 2.75) is 51.0 Å². The van der Waals surface area contributed by atoms with Crippen LogP contribution in [0.25, 0.3) is 0 Å². The highest BCUT2D eigenvalue weighted by Crippen LogP contribution is 2.39. The quantitative estimate of drug-likeness (QED) is 0.789. The second-order valence-corrected chi connectivity index (χ2v) is 5.70. The Morgan fingerprint density at radius 3 is 2.31 bits per heavy atom. The zero-order valence-electron chi connectivity index (χ0n) is 10.6. The van der Waals surface area contributed by atoms with Crippen LogP contribution in [0.5, 0.6) is 0 Å². The maximum Gasteiger partial charge on any atom is 0.229 e. The molecule has 3 heteroatoms. The zero-order chi connectivity index (χ0) is 11.6. The lowest BCUT2D eigenvalue weighted by Gasteiger charge is -2.35. The van der Waals surface area contributed by atoms with E-state index >= 15 is 0 Å². The number of carbonyl (C=O) groups excluding carboxylic acids is 1. The molecule has 2 aliphatic carbocycles. The lowest BCUT2D eigenvalue weighted by Crippen LogP contribution is -2.48. The summed E-state index contributed by atoms with van der Waals surface area (Å²) in [5.74, 6) is 0.330. The third-order valence-electron chi connectivity index (χ3n) is 4.25. The Hall–Kier alpha value is -0.570. The van der Waals surface area contributed by atoms with Crippen molar-refractivity contribution in [1.29, 1.82) is 0 Å². The zero-order valence-corrected chi connectivity index (χ0v) is 10.6. The van der Waals surface area contributed by atoms with Crippen molar-refractivity contribution in [3.05, 3.63) is 0 Å². The van der Waals surface area contributed by atoms with E-state index in [1.807, 2.05) is 14.1 Å². The van der Waals surface area contributed by atoms with Gasteiger partial charge < -0.3 is 10.2 Å². The van der Waals surface area contributed by atoms with Gasteiger partial charge in [-0.2, -0.15) is 0 Å². The molecule has 0 saturated heterocycles. The molecule has 0 unspecified atom stereocenters.